The third-order valence-electron chi connectivity index (χ3n) is 1.75. The molecule has 6 heteroatoms. The SMILES string of the molecule is Cc1occc1C(=O)Nc1ncn[nH]1. The molecular weight excluding hydrogens is 184 g/mol. The van der Waals surface area contributed by atoms with Crippen LogP contribution in [0, 0.1) is 6.92 Å². The minimum Gasteiger partial charge on any atom is -0.469 e. The van der Waals surface area contributed by atoms with Gasteiger partial charge in [0, 0.05) is 0 Å². The lowest BCUT2D eigenvalue weighted by molar-refractivity contribution is 0.102. The second kappa shape index (κ2) is 3.33. The van der Waals surface area contributed by atoms with E-state index in [0.29, 0.717) is 17.3 Å². The zero-order valence-corrected chi connectivity index (χ0v) is 7.44. The number of aromatic amines is 1. The standard InChI is InChI=1S/C8H8N4O2/c1-5-6(2-3-14-5)7(13)11-8-9-4-10-12-8/h2-4H,1H3,(H2,9,10,11,12,13). The normalized spacial score (nSPS) is 10.1. The number of rotatable bonds is 2. The lowest BCUT2D eigenvalue weighted by Crippen LogP contribution is -2.13. The molecule has 6 nitrogen and oxygen atoms in total. The maximum Gasteiger partial charge on any atom is 0.261 e. The van der Waals surface area contributed by atoms with Crippen LogP contribution in [-0.2, 0) is 0 Å². The molecule has 2 N–H and O–H groups in total. The van der Waals surface area contributed by atoms with Crippen molar-refractivity contribution in [3.63, 3.8) is 0 Å². The summed E-state index contributed by atoms with van der Waals surface area (Å²) < 4.78 is 5.00. The van der Waals surface area contributed by atoms with Crippen LogP contribution in [0.3, 0.4) is 0 Å². The van der Waals surface area contributed by atoms with Gasteiger partial charge in [-0.3, -0.25) is 10.1 Å². The number of hydrogen-bond acceptors (Lipinski definition) is 4. The van der Waals surface area contributed by atoms with Gasteiger partial charge >= 0.3 is 0 Å². The van der Waals surface area contributed by atoms with Crippen molar-refractivity contribution in [2.45, 2.75) is 6.92 Å². The number of furan rings is 1. The van der Waals surface area contributed by atoms with Crippen LogP contribution >= 0.6 is 0 Å². The topological polar surface area (TPSA) is 83.8 Å². The number of hydrogen-bond donors (Lipinski definition) is 2. The molecule has 0 spiro atoms. The van der Waals surface area contributed by atoms with E-state index in [4.69, 9.17) is 4.42 Å². The van der Waals surface area contributed by atoms with Crippen molar-refractivity contribution in [2.24, 2.45) is 0 Å². The third-order valence-corrected chi connectivity index (χ3v) is 1.75. The molecule has 14 heavy (non-hydrogen) atoms. The van der Waals surface area contributed by atoms with Gasteiger partial charge in [-0.25, -0.2) is 5.10 Å². The first-order valence-corrected chi connectivity index (χ1v) is 3.98. The Kier molecular flexibility index (Phi) is 2.02. The van der Waals surface area contributed by atoms with Crippen molar-refractivity contribution in [3.8, 4) is 0 Å². The molecular formula is C8H8N4O2. The highest BCUT2D eigenvalue weighted by atomic mass is 16.3. The van der Waals surface area contributed by atoms with E-state index in [1.54, 1.807) is 13.0 Å². The lowest BCUT2D eigenvalue weighted by atomic mass is 10.2. The fourth-order valence-electron chi connectivity index (χ4n) is 1.06. The van der Waals surface area contributed by atoms with Crippen LogP contribution in [-0.4, -0.2) is 21.1 Å². The minimum atomic E-state index is -0.270. The van der Waals surface area contributed by atoms with E-state index in [-0.39, 0.29) is 5.91 Å². The zero-order chi connectivity index (χ0) is 9.97. The van der Waals surface area contributed by atoms with Gasteiger partial charge in [-0.1, -0.05) is 0 Å². The maximum absolute atomic E-state index is 11.5. The highest BCUT2D eigenvalue weighted by Gasteiger charge is 2.12. The molecule has 0 saturated heterocycles. The number of carbonyl (C=O) groups excluding carboxylic acids is 1. The first-order valence-electron chi connectivity index (χ1n) is 3.98. The fourth-order valence-corrected chi connectivity index (χ4v) is 1.06. The number of anilines is 1. The second-order valence-electron chi connectivity index (χ2n) is 2.68. The summed E-state index contributed by atoms with van der Waals surface area (Å²) in [5.74, 6) is 0.616. The van der Waals surface area contributed by atoms with Crippen molar-refractivity contribution in [1.29, 1.82) is 0 Å². The molecule has 0 aliphatic heterocycles. The number of aryl methyl sites for hydroxylation is 1. The van der Waals surface area contributed by atoms with E-state index >= 15 is 0 Å². The summed E-state index contributed by atoms with van der Waals surface area (Å²) in [7, 11) is 0. The van der Waals surface area contributed by atoms with Gasteiger partial charge in [0.25, 0.3) is 5.91 Å². The molecule has 0 aromatic carbocycles. The number of aromatic nitrogens is 3. The van der Waals surface area contributed by atoms with Gasteiger partial charge in [0.05, 0.1) is 11.8 Å². The largest absolute Gasteiger partial charge is 0.469 e. The van der Waals surface area contributed by atoms with Crippen LogP contribution in [0.5, 0.6) is 0 Å². The summed E-state index contributed by atoms with van der Waals surface area (Å²) in [4.78, 5) is 15.3. The van der Waals surface area contributed by atoms with Crippen molar-refractivity contribution in [1.82, 2.24) is 15.2 Å². The first-order chi connectivity index (χ1) is 6.77. The van der Waals surface area contributed by atoms with Crippen molar-refractivity contribution < 1.29 is 9.21 Å². The number of carbonyl (C=O) groups is 1. The van der Waals surface area contributed by atoms with E-state index in [1.807, 2.05) is 0 Å². The van der Waals surface area contributed by atoms with Gasteiger partial charge in [0.15, 0.2) is 0 Å². The highest BCUT2D eigenvalue weighted by molar-refractivity contribution is 6.03. The highest BCUT2D eigenvalue weighted by Crippen LogP contribution is 2.09. The lowest BCUT2D eigenvalue weighted by Gasteiger charge is -1.98. The summed E-state index contributed by atoms with van der Waals surface area (Å²) in [6.07, 6.45) is 2.78. The van der Waals surface area contributed by atoms with E-state index in [9.17, 15) is 4.79 Å². The summed E-state index contributed by atoms with van der Waals surface area (Å²) in [5.41, 5.74) is 0.487. The maximum atomic E-state index is 11.5. The molecule has 2 aromatic rings. The van der Waals surface area contributed by atoms with Gasteiger partial charge in [-0.2, -0.15) is 10.1 Å². The van der Waals surface area contributed by atoms with Gasteiger partial charge < -0.3 is 4.42 Å². The number of nitrogens with one attached hydrogen (secondary N) is 2. The Labute approximate surface area is 79.3 Å². The van der Waals surface area contributed by atoms with E-state index in [0.717, 1.165) is 0 Å². The monoisotopic (exact) mass is 192 g/mol. The summed E-state index contributed by atoms with van der Waals surface area (Å²) >= 11 is 0. The molecule has 0 fully saturated rings. The molecule has 2 aromatic heterocycles. The minimum absolute atomic E-state index is 0.270. The smallest absolute Gasteiger partial charge is 0.261 e. The molecule has 0 radical (unpaired) electrons. The third kappa shape index (κ3) is 1.49. The molecule has 2 heterocycles. The molecule has 1 amide bonds. The van der Waals surface area contributed by atoms with Crippen molar-refractivity contribution in [3.05, 3.63) is 30.0 Å². The fraction of sp³-hybridized carbons (Fsp3) is 0.125. The van der Waals surface area contributed by atoms with Gasteiger partial charge in [0.1, 0.15) is 12.1 Å². The molecule has 0 aliphatic rings. The van der Waals surface area contributed by atoms with Crippen LogP contribution in [0.15, 0.2) is 23.1 Å². The Balaban J connectivity index is 2.14. The molecule has 0 unspecified atom stereocenters. The molecule has 0 bridgehead atoms. The molecule has 2 rings (SSSR count). The predicted octanol–water partition coefficient (Wildman–Crippen LogP) is 0.958. The molecule has 72 valence electrons. The second-order valence-corrected chi connectivity index (χ2v) is 2.68. The average Bonchev–Trinajstić information content (AvgIpc) is 2.75. The van der Waals surface area contributed by atoms with Crippen molar-refractivity contribution >= 4 is 11.9 Å². The van der Waals surface area contributed by atoms with Gasteiger partial charge in [0.2, 0.25) is 5.95 Å². The summed E-state index contributed by atoms with van der Waals surface area (Å²) in [6.45, 7) is 1.72. The van der Waals surface area contributed by atoms with E-state index < -0.39 is 0 Å². The van der Waals surface area contributed by atoms with E-state index in [2.05, 4.69) is 20.5 Å². The predicted molar refractivity (Wildman–Crippen MR) is 47.8 cm³/mol. The Morgan fingerprint density at radius 2 is 2.50 bits per heavy atom. The average molecular weight is 192 g/mol. The van der Waals surface area contributed by atoms with E-state index in [1.165, 1.54) is 12.6 Å². The Bertz CT molecular complexity index is 432. The van der Waals surface area contributed by atoms with Crippen LogP contribution in [0.4, 0.5) is 5.95 Å². The molecule has 0 atom stereocenters. The van der Waals surface area contributed by atoms with Crippen molar-refractivity contribution in [2.75, 3.05) is 5.32 Å². The Hall–Kier alpha value is -2.11. The molecule has 0 saturated carbocycles. The number of nitrogens with zero attached hydrogens (tertiary/aromatic N) is 2. The van der Waals surface area contributed by atoms with Crippen LogP contribution in [0.1, 0.15) is 16.1 Å². The Morgan fingerprint density at radius 1 is 1.64 bits per heavy atom. The molecule has 0 aliphatic carbocycles. The quantitative estimate of drug-likeness (QED) is 0.742. The van der Waals surface area contributed by atoms with Crippen LogP contribution in [0.25, 0.3) is 0 Å². The first kappa shape index (κ1) is 8.49. The zero-order valence-electron chi connectivity index (χ0n) is 7.44. The summed E-state index contributed by atoms with van der Waals surface area (Å²) in [5, 5.41) is 8.67. The van der Waals surface area contributed by atoms with Crippen LogP contribution < -0.4 is 5.32 Å². The summed E-state index contributed by atoms with van der Waals surface area (Å²) in [6, 6.07) is 1.60. The number of H-pyrrole nitrogens is 1. The number of amides is 1. The van der Waals surface area contributed by atoms with Gasteiger partial charge in [-0.05, 0) is 13.0 Å². The Morgan fingerprint density at radius 3 is 3.07 bits per heavy atom. The van der Waals surface area contributed by atoms with Crippen LogP contribution in [0.2, 0.25) is 0 Å². The van der Waals surface area contributed by atoms with Gasteiger partial charge in [-0.15, -0.1) is 0 Å².